The Labute approximate surface area is 304 Å². The van der Waals surface area contributed by atoms with Crippen LogP contribution in [0.3, 0.4) is 0 Å². The zero-order valence-electron chi connectivity index (χ0n) is 30.4. The maximum Gasteiger partial charge on any atom is 0.258 e. The molecule has 5 N–H and O–H groups in total. The zero-order chi connectivity index (χ0) is 35.0. The van der Waals surface area contributed by atoms with E-state index in [9.17, 15) is 4.79 Å². The monoisotopic (exact) mass is 694 g/mol. The molecule has 4 bridgehead atoms. The summed E-state index contributed by atoms with van der Waals surface area (Å²) < 4.78 is 5.86. The number of amides is 1. The van der Waals surface area contributed by atoms with E-state index in [2.05, 4.69) is 54.3 Å². The summed E-state index contributed by atoms with van der Waals surface area (Å²) in [5, 5.41) is 3.36. The molecule has 0 radical (unpaired) electrons. The second kappa shape index (κ2) is 16.6. The topological polar surface area (TPSA) is 136 Å². The maximum absolute atomic E-state index is 12.6. The summed E-state index contributed by atoms with van der Waals surface area (Å²) in [6, 6.07) is 12.1. The van der Waals surface area contributed by atoms with Gasteiger partial charge < -0.3 is 26.4 Å². The van der Waals surface area contributed by atoms with Gasteiger partial charge in [-0.05, 0) is 111 Å². The van der Waals surface area contributed by atoms with E-state index in [-0.39, 0.29) is 12.4 Å². The van der Waals surface area contributed by atoms with Crippen molar-refractivity contribution in [3.63, 3.8) is 0 Å². The highest BCUT2D eigenvalue weighted by Gasteiger charge is 2.50. The second-order valence-electron chi connectivity index (χ2n) is 16.1. The maximum atomic E-state index is 12.6. The molecule has 5 fully saturated rings. The number of benzene rings is 1. The molecule has 3 heterocycles. The number of ether oxygens (including phenoxy) is 1. The van der Waals surface area contributed by atoms with E-state index in [1.54, 1.807) is 18.5 Å². The van der Waals surface area contributed by atoms with Crippen LogP contribution in [0, 0.1) is 23.2 Å². The van der Waals surface area contributed by atoms with Gasteiger partial charge in [-0.15, -0.1) is 0 Å². The Morgan fingerprint density at radius 3 is 2.20 bits per heavy atom. The smallest absolute Gasteiger partial charge is 0.258 e. The minimum atomic E-state index is 0.254. The number of nitrogen functional groups attached to an aromatic ring is 2. The number of nitrogens with zero attached hydrogens (tertiary/aromatic N) is 5. The highest BCUT2D eigenvalue weighted by Crippen LogP contribution is 2.59. The summed E-state index contributed by atoms with van der Waals surface area (Å²) in [5.41, 5.74) is 16.1. The van der Waals surface area contributed by atoms with Crippen molar-refractivity contribution in [3.05, 3.63) is 54.4 Å². The van der Waals surface area contributed by atoms with Gasteiger partial charge in [0, 0.05) is 56.6 Å². The number of nitrogens with two attached hydrogens (primary N) is 2. The van der Waals surface area contributed by atoms with Gasteiger partial charge in [0.2, 0.25) is 5.91 Å². The molecule has 5 aliphatic rings. The molecular weight excluding hydrogens is 637 g/mol. The van der Waals surface area contributed by atoms with Gasteiger partial charge in [-0.2, -0.15) is 0 Å². The summed E-state index contributed by atoms with van der Waals surface area (Å²) in [7, 11) is 0. The fourth-order valence-electron chi connectivity index (χ4n) is 9.82. The molecule has 8 rings (SSSR count). The number of aromatic nitrogens is 3. The van der Waals surface area contributed by atoms with Crippen LogP contribution in [0.2, 0.25) is 0 Å². The number of unbranched alkanes of at least 4 members (excludes halogenated alkanes) is 6. The van der Waals surface area contributed by atoms with Crippen molar-refractivity contribution in [1.82, 2.24) is 25.2 Å². The third-order valence-electron chi connectivity index (χ3n) is 12.1. The Morgan fingerprint density at radius 1 is 0.843 bits per heavy atom. The largest absolute Gasteiger partial charge is 0.470 e. The summed E-state index contributed by atoms with van der Waals surface area (Å²) in [6.45, 7) is 6.68. The number of carbonyl (C=O) groups is 1. The van der Waals surface area contributed by atoms with E-state index in [0.717, 1.165) is 73.7 Å². The summed E-state index contributed by atoms with van der Waals surface area (Å²) in [4.78, 5) is 30.6. The number of rotatable bonds is 17. The van der Waals surface area contributed by atoms with Crippen LogP contribution < -0.4 is 26.4 Å². The van der Waals surface area contributed by atoms with Crippen molar-refractivity contribution in [2.24, 2.45) is 23.2 Å². The molecule has 4 saturated carbocycles. The lowest BCUT2D eigenvalue weighted by atomic mass is 9.49. The SMILES string of the molecule is Nc1cc(COc2nc(-c3ccc(N4CCN(CCCCCCCCCC(=O)NCC56CC7CC(CC(C7)C5)C6)CC4)cc3)cnc2N)ccn1. The lowest BCUT2D eigenvalue weighted by molar-refractivity contribution is -0.123. The first-order valence-electron chi connectivity index (χ1n) is 19.7. The Morgan fingerprint density at radius 2 is 1.51 bits per heavy atom. The van der Waals surface area contributed by atoms with Crippen LogP contribution in [0.25, 0.3) is 11.3 Å². The molecule has 1 aromatic carbocycles. The Bertz CT molecular complexity index is 1550. The average Bonchev–Trinajstić information content (AvgIpc) is 3.13. The van der Waals surface area contributed by atoms with E-state index in [1.165, 1.54) is 89.3 Å². The molecule has 10 heteroatoms. The van der Waals surface area contributed by atoms with Crippen molar-refractivity contribution in [2.75, 3.05) is 55.6 Å². The first-order valence-corrected chi connectivity index (χ1v) is 19.7. The van der Waals surface area contributed by atoms with Crippen LogP contribution in [0.5, 0.6) is 5.88 Å². The van der Waals surface area contributed by atoms with E-state index >= 15 is 0 Å². The van der Waals surface area contributed by atoms with Crippen molar-refractivity contribution in [1.29, 1.82) is 0 Å². The van der Waals surface area contributed by atoms with Crippen LogP contribution in [0.1, 0.15) is 95.5 Å². The fraction of sp³-hybridized carbons (Fsp3) is 0.610. The lowest BCUT2D eigenvalue weighted by Gasteiger charge is -2.56. The second-order valence-corrected chi connectivity index (χ2v) is 16.1. The third-order valence-corrected chi connectivity index (χ3v) is 12.1. The summed E-state index contributed by atoms with van der Waals surface area (Å²) in [6.07, 6.45) is 21.2. The molecule has 3 aromatic rings. The third kappa shape index (κ3) is 9.50. The van der Waals surface area contributed by atoms with E-state index in [0.29, 0.717) is 29.4 Å². The van der Waals surface area contributed by atoms with Crippen LogP contribution in [-0.4, -0.2) is 65.0 Å². The summed E-state index contributed by atoms with van der Waals surface area (Å²) in [5.74, 6) is 4.16. The molecule has 10 nitrogen and oxygen atoms in total. The van der Waals surface area contributed by atoms with Gasteiger partial charge in [0.05, 0.1) is 11.9 Å². The van der Waals surface area contributed by atoms with Gasteiger partial charge in [0.15, 0.2) is 5.82 Å². The first-order chi connectivity index (χ1) is 24.9. The van der Waals surface area contributed by atoms with Gasteiger partial charge in [0.25, 0.3) is 5.88 Å². The molecule has 0 spiro atoms. The number of hydrogen-bond donors (Lipinski definition) is 3. The van der Waals surface area contributed by atoms with Gasteiger partial charge >= 0.3 is 0 Å². The predicted octanol–water partition coefficient (Wildman–Crippen LogP) is 6.86. The van der Waals surface area contributed by atoms with E-state index in [4.69, 9.17) is 16.2 Å². The Kier molecular flexibility index (Phi) is 11.6. The predicted molar refractivity (Wildman–Crippen MR) is 204 cm³/mol. The van der Waals surface area contributed by atoms with Crippen molar-refractivity contribution >= 4 is 23.2 Å². The minimum absolute atomic E-state index is 0.254. The average molecular weight is 695 g/mol. The number of carbonyl (C=O) groups excluding carboxylic acids is 1. The number of piperazine rings is 1. The molecule has 274 valence electrons. The highest BCUT2D eigenvalue weighted by atomic mass is 16.5. The van der Waals surface area contributed by atoms with Crippen LogP contribution in [-0.2, 0) is 11.4 Å². The summed E-state index contributed by atoms with van der Waals surface area (Å²) >= 11 is 0. The Balaban J connectivity index is 0.730. The quantitative estimate of drug-likeness (QED) is 0.130. The van der Waals surface area contributed by atoms with Crippen molar-refractivity contribution in [3.8, 4) is 17.1 Å². The lowest BCUT2D eigenvalue weighted by Crippen LogP contribution is -2.51. The van der Waals surface area contributed by atoms with Crippen LogP contribution in [0.4, 0.5) is 17.3 Å². The molecule has 1 amide bonds. The van der Waals surface area contributed by atoms with Crippen molar-refractivity contribution in [2.45, 2.75) is 96.5 Å². The zero-order valence-corrected chi connectivity index (χ0v) is 30.4. The molecule has 4 aliphatic carbocycles. The number of hydrogen-bond acceptors (Lipinski definition) is 9. The molecule has 51 heavy (non-hydrogen) atoms. The van der Waals surface area contributed by atoms with E-state index < -0.39 is 0 Å². The molecular formula is C41H58N8O2. The van der Waals surface area contributed by atoms with Gasteiger partial charge in [-0.3, -0.25) is 9.69 Å². The van der Waals surface area contributed by atoms with E-state index in [1.807, 2.05) is 6.07 Å². The highest BCUT2D eigenvalue weighted by molar-refractivity contribution is 5.75. The molecule has 0 unspecified atom stereocenters. The number of anilines is 3. The van der Waals surface area contributed by atoms with Crippen LogP contribution >= 0.6 is 0 Å². The number of nitrogens with one attached hydrogen (secondary N) is 1. The van der Waals surface area contributed by atoms with Gasteiger partial charge in [-0.25, -0.2) is 15.0 Å². The molecule has 0 atom stereocenters. The fourth-order valence-corrected chi connectivity index (χ4v) is 9.82. The molecule has 1 saturated heterocycles. The minimum Gasteiger partial charge on any atom is -0.470 e. The standard InChI is InChI=1S/C41H58N8O2/c42-37-23-30(13-14-44-37)28-51-40-39(43)45-27-36(47-40)34-9-11-35(12-10-34)49-18-16-48(17-19-49)15-7-5-3-1-2-4-6-8-38(50)46-29-41-24-31-20-32(25-41)22-33(21-31)26-41/h9-14,23,27,31-33H,1-8,15-22,24-26,28-29H2,(H2,42,44)(H2,43,45)(H,46,50). The first kappa shape index (κ1) is 35.5. The number of pyridine rings is 1. The Hall–Kier alpha value is -3.92. The molecule has 1 aliphatic heterocycles. The molecule has 2 aromatic heterocycles. The van der Waals surface area contributed by atoms with Gasteiger partial charge in [-0.1, -0.05) is 44.2 Å². The van der Waals surface area contributed by atoms with Gasteiger partial charge in [0.1, 0.15) is 12.4 Å². The normalized spacial score (nSPS) is 24.2. The van der Waals surface area contributed by atoms with Crippen LogP contribution in [0.15, 0.2) is 48.8 Å². The van der Waals surface area contributed by atoms with Crippen molar-refractivity contribution < 1.29 is 9.53 Å².